The van der Waals surface area contributed by atoms with Crippen molar-refractivity contribution in [3.05, 3.63) is 102 Å². The Bertz CT molecular complexity index is 1700. The Morgan fingerprint density at radius 2 is 1.79 bits per heavy atom. The summed E-state index contributed by atoms with van der Waals surface area (Å²) in [6.45, 7) is 5.63. The highest BCUT2D eigenvalue weighted by Gasteiger charge is 2.34. The average Bonchev–Trinajstić information content (AvgIpc) is 3.26. The van der Waals surface area contributed by atoms with Crippen molar-refractivity contribution in [3.8, 4) is 28.4 Å². The molecule has 2 N–H and O–H groups in total. The number of aryl methyl sites for hydroxylation is 1. The van der Waals surface area contributed by atoms with E-state index in [2.05, 4.69) is 9.97 Å². The summed E-state index contributed by atoms with van der Waals surface area (Å²) in [6, 6.07) is 14.8. The van der Waals surface area contributed by atoms with Gasteiger partial charge < -0.3 is 19.5 Å². The van der Waals surface area contributed by atoms with Gasteiger partial charge in [-0.3, -0.25) is 0 Å². The molecule has 2 aromatic heterocycles. The van der Waals surface area contributed by atoms with Crippen LogP contribution in [0.5, 0.6) is 11.6 Å². The fourth-order valence-corrected chi connectivity index (χ4v) is 4.79. The number of aromatic hydroxyl groups is 1. The zero-order valence-electron chi connectivity index (χ0n) is 21.4. The van der Waals surface area contributed by atoms with Gasteiger partial charge in [-0.15, -0.1) is 0 Å². The molecule has 198 valence electrons. The van der Waals surface area contributed by atoms with Crippen molar-refractivity contribution >= 4 is 16.9 Å². The van der Waals surface area contributed by atoms with Gasteiger partial charge >= 0.3 is 5.97 Å². The van der Waals surface area contributed by atoms with E-state index in [1.165, 1.54) is 30.6 Å². The van der Waals surface area contributed by atoms with Crippen LogP contribution in [0, 0.1) is 18.6 Å². The summed E-state index contributed by atoms with van der Waals surface area (Å²) < 4.78 is 36.8. The van der Waals surface area contributed by atoms with Crippen LogP contribution in [0.25, 0.3) is 27.7 Å². The van der Waals surface area contributed by atoms with Crippen molar-refractivity contribution in [2.75, 3.05) is 6.61 Å². The highest BCUT2D eigenvalue weighted by Crippen LogP contribution is 2.46. The van der Waals surface area contributed by atoms with Gasteiger partial charge in [0, 0.05) is 46.1 Å². The summed E-state index contributed by atoms with van der Waals surface area (Å²) >= 11 is 0. The standard InChI is InChI=1S/C30H25F2N3O4/c1-17-12-19(6-9-23(17)32)26-22-13-20(31)14-24(36)27(22)35(21-7-4-18(5-8-21)29(37)38)28(26)30(2,3)15-39-25-10-11-33-16-34-25/h4-14,16,36H,15H2,1-3H3,(H,37,38). The van der Waals surface area contributed by atoms with Gasteiger partial charge in [0.1, 0.15) is 30.3 Å². The number of carbonyl (C=O) groups is 1. The van der Waals surface area contributed by atoms with Crippen molar-refractivity contribution in [1.82, 2.24) is 14.5 Å². The normalized spacial score (nSPS) is 11.6. The molecule has 0 radical (unpaired) electrons. The summed E-state index contributed by atoms with van der Waals surface area (Å²) in [5.74, 6) is -2.04. The molecule has 0 spiro atoms. The molecule has 3 aromatic carbocycles. The van der Waals surface area contributed by atoms with Crippen LogP contribution in [0.1, 0.15) is 35.5 Å². The van der Waals surface area contributed by atoms with Crippen molar-refractivity contribution < 1.29 is 28.5 Å². The first-order chi connectivity index (χ1) is 18.6. The number of carboxylic acid groups (broad SMARTS) is 1. The molecule has 5 aromatic rings. The van der Waals surface area contributed by atoms with Crippen LogP contribution in [-0.4, -0.2) is 37.3 Å². The number of benzene rings is 3. The number of nitrogens with zero attached hydrogens (tertiary/aromatic N) is 3. The van der Waals surface area contributed by atoms with Crippen molar-refractivity contribution in [3.63, 3.8) is 0 Å². The minimum absolute atomic E-state index is 0.0905. The Kier molecular flexibility index (Phi) is 6.51. The van der Waals surface area contributed by atoms with Crippen LogP contribution in [0.3, 0.4) is 0 Å². The highest BCUT2D eigenvalue weighted by molar-refractivity contribution is 6.02. The lowest BCUT2D eigenvalue weighted by molar-refractivity contribution is 0.0697. The fourth-order valence-electron chi connectivity index (χ4n) is 4.79. The zero-order chi connectivity index (χ0) is 27.9. The number of fused-ring (bicyclic) bond motifs is 1. The first-order valence-electron chi connectivity index (χ1n) is 12.1. The molecule has 0 aliphatic rings. The molecule has 0 aliphatic heterocycles. The molecule has 2 heterocycles. The molecular weight excluding hydrogens is 504 g/mol. The van der Waals surface area contributed by atoms with Crippen molar-refractivity contribution in [1.29, 1.82) is 0 Å². The first-order valence-corrected chi connectivity index (χ1v) is 12.1. The van der Waals surface area contributed by atoms with E-state index in [9.17, 15) is 23.8 Å². The topological polar surface area (TPSA) is 97.5 Å². The fraction of sp³-hybridized carbons (Fsp3) is 0.167. The molecule has 5 rings (SSSR count). The third kappa shape index (κ3) is 4.79. The molecule has 0 atom stereocenters. The summed E-state index contributed by atoms with van der Waals surface area (Å²) in [4.78, 5) is 19.5. The molecule has 0 aliphatic carbocycles. The number of rotatable bonds is 7. The van der Waals surface area contributed by atoms with Crippen LogP contribution >= 0.6 is 0 Å². The second kappa shape index (κ2) is 9.83. The number of halogens is 2. The van der Waals surface area contributed by atoms with E-state index in [1.807, 2.05) is 13.8 Å². The molecule has 7 nitrogen and oxygen atoms in total. The SMILES string of the molecule is Cc1cc(-c2c(C(C)(C)COc3ccncn3)n(-c3ccc(C(=O)O)cc3)c3c(O)cc(F)cc23)ccc1F. The number of phenols is 1. The van der Waals surface area contributed by atoms with Crippen LogP contribution in [-0.2, 0) is 5.41 Å². The summed E-state index contributed by atoms with van der Waals surface area (Å²) in [5, 5.41) is 20.8. The lowest BCUT2D eigenvalue weighted by atomic mass is 9.84. The molecule has 9 heteroatoms. The van der Waals surface area contributed by atoms with Gasteiger partial charge in [-0.1, -0.05) is 19.9 Å². The summed E-state index contributed by atoms with van der Waals surface area (Å²) in [7, 11) is 0. The lowest BCUT2D eigenvalue weighted by Gasteiger charge is -2.29. The van der Waals surface area contributed by atoms with E-state index in [4.69, 9.17) is 4.74 Å². The van der Waals surface area contributed by atoms with Gasteiger partial charge in [0.25, 0.3) is 0 Å². The van der Waals surface area contributed by atoms with E-state index in [-0.39, 0.29) is 23.7 Å². The maximum absolute atomic E-state index is 14.8. The smallest absolute Gasteiger partial charge is 0.335 e. The Balaban J connectivity index is 1.84. The Labute approximate surface area is 223 Å². The molecule has 39 heavy (non-hydrogen) atoms. The van der Waals surface area contributed by atoms with Gasteiger partial charge in [0.05, 0.1) is 11.1 Å². The Hall–Kier alpha value is -4.79. The van der Waals surface area contributed by atoms with Crippen molar-refractivity contribution in [2.24, 2.45) is 0 Å². The molecule has 0 saturated heterocycles. The number of aromatic nitrogens is 3. The van der Waals surface area contributed by atoms with Gasteiger partial charge in [0.2, 0.25) is 5.88 Å². The van der Waals surface area contributed by atoms with E-state index in [1.54, 1.807) is 48.0 Å². The summed E-state index contributed by atoms with van der Waals surface area (Å²) in [6.07, 6.45) is 2.93. The van der Waals surface area contributed by atoms with E-state index in [0.29, 0.717) is 44.9 Å². The third-order valence-corrected chi connectivity index (χ3v) is 6.60. The van der Waals surface area contributed by atoms with Gasteiger partial charge in [-0.25, -0.2) is 23.5 Å². The Morgan fingerprint density at radius 1 is 1.05 bits per heavy atom. The molecule has 0 bridgehead atoms. The predicted octanol–water partition coefficient (Wildman–Crippen LogP) is 6.43. The highest BCUT2D eigenvalue weighted by atomic mass is 19.1. The largest absolute Gasteiger partial charge is 0.506 e. The molecule has 0 saturated carbocycles. The lowest BCUT2D eigenvalue weighted by Crippen LogP contribution is -2.30. The third-order valence-electron chi connectivity index (χ3n) is 6.60. The maximum Gasteiger partial charge on any atom is 0.335 e. The molecule has 0 fully saturated rings. The minimum atomic E-state index is -1.08. The monoisotopic (exact) mass is 529 g/mol. The average molecular weight is 530 g/mol. The predicted molar refractivity (Wildman–Crippen MR) is 143 cm³/mol. The number of ether oxygens (including phenoxy) is 1. The van der Waals surface area contributed by atoms with Gasteiger partial charge in [-0.05, 0) is 60.5 Å². The minimum Gasteiger partial charge on any atom is -0.506 e. The molecule has 0 amide bonds. The number of aromatic carboxylic acids is 1. The molecule has 0 unspecified atom stereocenters. The second-order valence-electron chi connectivity index (χ2n) is 9.92. The van der Waals surface area contributed by atoms with Crippen molar-refractivity contribution in [2.45, 2.75) is 26.2 Å². The van der Waals surface area contributed by atoms with E-state index < -0.39 is 17.2 Å². The number of hydrogen-bond donors (Lipinski definition) is 2. The number of carboxylic acids is 1. The summed E-state index contributed by atoms with van der Waals surface area (Å²) in [5.41, 5.74) is 2.41. The van der Waals surface area contributed by atoms with Crippen LogP contribution in [0.15, 0.2) is 73.2 Å². The number of phenolic OH excluding ortho intramolecular Hbond substituents is 1. The number of hydrogen-bond acceptors (Lipinski definition) is 5. The Morgan fingerprint density at radius 3 is 2.44 bits per heavy atom. The zero-order valence-corrected chi connectivity index (χ0v) is 21.4. The van der Waals surface area contributed by atoms with Crippen LogP contribution < -0.4 is 4.74 Å². The molecular formula is C30H25F2N3O4. The van der Waals surface area contributed by atoms with Gasteiger partial charge in [-0.2, -0.15) is 0 Å². The second-order valence-corrected chi connectivity index (χ2v) is 9.92. The van der Waals surface area contributed by atoms with Crippen LogP contribution in [0.2, 0.25) is 0 Å². The quantitative estimate of drug-likeness (QED) is 0.252. The van der Waals surface area contributed by atoms with Crippen LogP contribution in [0.4, 0.5) is 8.78 Å². The van der Waals surface area contributed by atoms with Gasteiger partial charge in [0.15, 0.2) is 0 Å². The van der Waals surface area contributed by atoms with E-state index >= 15 is 0 Å². The maximum atomic E-state index is 14.8. The first kappa shape index (κ1) is 25.8. The van der Waals surface area contributed by atoms with E-state index in [0.717, 1.165) is 6.07 Å².